The topological polar surface area (TPSA) is 51.8 Å². The molecule has 1 saturated heterocycles. The molecule has 0 radical (unpaired) electrons. The second-order valence-corrected chi connectivity index (χ2v) is 6.65. The molecule has 0 saturated carbocycles. The van der Waals surface area contributed by atoms with Crippen LogP contribution in [0.25, 0.3) is 0 Å². The molecule has 1 aliphatic heterocycles. The van der Waals surface area contributed by atoms with Gasteiger partial charge in [0.15, 0.2) is 0 Å². The van der Waals surface area contributed by atoms with Crippen LogP contribution in [0.2, 0.25) is 0 Å². The van der Waals surface area contributed by atoms with E-state index in [9.17, 15) is 0 Å². The van der Waals surface area contributed by atoms with E-state index in [-0.39, 0.29) is 6.04 Å². The Balaban J connectivity index is 1.87. The summed E-state index contributed by atoms with van der Waals surface area (Å²) >= 11 is 2.02. The predicted octanol–water partition coefficient (Wildman–Crippen LogP) is 3.16. The fourth-order valence-corrected chi connectivity index (χ4v) is 4.11. The first-order chi connectivity index (χ1) is 8.84. The van der Waals surface area contributed by atoms with Crippen molar-refractivity contribution in [3.8, 4) is 0 Å². The van der Waals surface area contributed by atoms with Gasteiger partial charge in [-0.15, -0.1) is 0 Å². The summed E-state index contributed by atoms with van der Waals surface area (Å²) in [6.45, 7) is 0. The van der Waals surface area contributed by atoms with Crippen LogP contribution in [0.4, 0.5) is 0 Å². The predicted molar refractivity (Wildman–Crippen MR) is 75.6 cm³/mol. The van der Waals surface area contributed by atoms with Crippen LogP contribution in [-0.4, -0.2) is 15.7 Å². The van der Waals surface area contributed by atoms with Crippen molar-refractivity contribution in [2.75, 3.05) is 5.75 Å². The third kappa shape index (κ3) is 2.54. The molecule has 0 aromatic carbocycles. The van der Waals surface area contributed by atoms with Crippen LogP contribution >= 0.6 is 11.8 Å². The number of aromatic nitrogens is 2. The van der Waals surface area contributed by atoms with E-state index >= 15 is 0 Å². The summed E-state index contributed by atoms with van der Waals surface area (Å²) in [5.74, 6) is 2.30. The maximum absolute atomic E-state index is 6.19. The Morgan fingerprint density at radius 3 is 2.89 bits per heavy atom. The van der Waals surface area contributed by atoms with Crippen LogP contribution in [0.1, 0.15) is 66.9 Å². The molecule has 0 amide bonds. The number of hydrogen-bond acceptors (Lipinski definition) is 4. The Kier molecular flexibility index (Phi) is 3.85. The summed E-state index contributed by atoms with van der Waals surface area (Å²) in [6.07, 6.45) is 10.5. The van der Waals surface area contributed by atoms with E-state index in [4.69, 9.17) is 10.7 Å². The zero-order valence-corrected chi connectivity index (χ0v) is 11.6. The lowest BCUT2D eigenvalue weighted by molar-refractivity contribution is 0.613. The highest BCUT2D eigenvalue weighted by Gasteiger charge is 2.22. The van der Waals surface area contributed by atoms with Gasteiger partial charge in [-0.3, -0.25) is 0 Å². The van der Waals surface area contributed by atoms with Crippen molar-refractivity contribution in [3.63, 3.8) is 0 Å². The van der Waals surface area contributed by atoms with Crippen LogP contribution in [-0.2, 0) is 6.42 Å². The Morgan fingerprint density at radius 2 is 2.06 bits per heavy atom. The Hall–Kier alpha value is -0.610. The summed E-state index contributed by atoms with van der Waals surface area (Å²) in [7, 11) is 0. The van der Waals surface area contributed by atoms with Gasteiger partial charge in [-0.1, -0.05) is 12.8 Å². The number of thioether (sulfide) groups is 1. The van der Waals surface area contributed by atoms with Crippen LogP contribution in [0.5, 0.6) is 0 Å². The van der Waals surface area contributed by atoms with E-state index in [2.05, 4.69) is 4.98 Å². The van der Waals surface area contributed by atoms with E-state index in [0.717, 1.165) is 18.7 Å². The molecule has 1 fully saturated rings. The van der Waals surface area contributed by atoms with Crippen molar-refractivity contribution < 1.29 is 0 Å². The lowest BCUT2D eigenvalue weighted by Crippen LogP contribution is -2.14. The monoisotopic (exact) mass is 263 g/mol. The molecular weight excluding hydrogens is 242 g/mol. The summed E-state index contributed by atoms with van der Waals surface area (Å²) < 4.78 is 0. The molecule has 98 valence electrons. The number of nitrogens with zero attached hydrogens (tertiary/aromatic N) is 2. The van der Waals surface area contributed by atoms with Crippen LogP contribution in [0.15, 0.2) is 6.20 Å². The summed E-state index contributed by atoms with van der Waals surface area (Å²) in [5, 5.41) is 0.517. The molecule has 0 spiro atoms. The van der Waals surface area contributed by atoms with Gasteiger partial charge in [0, 0.05) is 23.5 Å². The van der Waals surface area contributed by atoms with Gasteiger partial charge in [-0.05, 0) is 37.9 Å². The molecule has 2 heterocycles. The minimum absolute atomic E-state index is 0.149. The normalized spacial score (nSPS) is 28.5. The average molecular weight is 263 g/mol. The van der Waals surface area contributed by atoms with Crippen LogP contribution in [0, 0.1) is 0 Å². The van der Waals surface area contributed by atoms with Gasteiger partial charge < -0.3 is 5.73 Å². The lowest BCUT2D eigenvalue weighted by Gasteiger charge is -2.21. The molecule has 2 aliphatic rings. The van der Waals surface area contributed by atoms with Crippen molar-refractivity contribution in [2.45, 2.75) is 56.2 Å². The maximum Gasteiger partial charge on any atom is 0.141 e. The van der Waals surface area contributed by atoms with Crippen molar-refractivity contribution >= 4 is 11.8 Å². The minimum Gasteiger partial charge on any atom is -0.324 e. The minimum atomic E-state index is 0.149. The van der Waals surface area contributed by atoms with E-state index in [1.165, 1.54) is 49.1 Å². The molecule has 3 nitrogen and oxygen atoms in total. The first-order valence-electron chi connectivity index (χ1n) is 7.07. The second kappa shape index (κ2) is 5.57. The zero-order chi connectivity index (χ0) is 12.4. The fourth-order valence-electron chi connectivity index (χ4n) is 2.86. The smallest absolute Gasteiger partial charge is 0.141 e. The van der Waals surface area contributed by atoms with Gasteiger partial charge in [0.1, 0.15) is 5.82 Å². The van der Waals surface area contributed by atoms with E-state index < -0.39 is 0 Å². The third-order valence-electron chi connectivity index (χ3n) is 3.96. The molecule has 2 unspecified atom stereocenters. The van der Waals surface area contributed by atoms with Gasteiger partial charge in [-0.25, -0.2) is 9.97 Å². The zero-order valence-electron chi connectivity index (χ0n) is 10.8. The van der Waals surface area contributed by atoms with E-state index in [1.807, 2.05) is 18.0 Å². The molecule has 18 heavy (non-hydrogen) atoms. The van der Waals surface area contributed by atoms with Crippen molar-refractivity contribution in [1.82, 2.24) is 9.97 Å². The van der Waals surface area contributed by atoms with Crippen molar-refractivity contribution in [1.29, 1.82) is 0 Å². The number of hydrogen-bond donors (Lipinski definition) is 1. The molecular formula is C14H21N3S. The van der Waals surface area contributed by atoms with Crippen molar-refractivity contribution in [3.05, 3.63) is 23.3 Å². The van der Waals surface area contributed by atoms with E-state index in [1.54, 1.807) is 0 Å². The van der Waals surface area contributed by atoms with Crippen LogP contribution < -0.4 is 5.73 Å². The highest BCUT2D eigenvalue weighted by atomic mass is 32.2. The largest absolute Gasteiger partial charge is 0.324 e. The first-order valence-corrected chi connectivity index (χ1v) is 8.12. The fraction of sp³-hybridized carbons (Fsp3) is 0.714. The highest BCUT2D eigenvalue weighted by Crippen LogP contribution is 2.37. The van der Waals surface area contributed by atoms with Gasteiger partial charge in [0.25, 0.3) is 0 Å². The Bertz CT molecular complexity index is 416. The third-order valence-corrected chi connectivity index (χ3v) is 5.34. The molecule has 2 atom stereocenters. The Morgan fingerprint density at radius 1 is 1.17 bits per heavy atom. The number of rotatable bonds is 1. The Labute approximate surface area is 113 Å². The van der Waals surface area contributed by atoms with Gasteiger partial charge in [0.2, 0.25) is 0 Å². The average Bonchev–Trinajstić information content (AvgIpc) is 2.61. The molecule has 3 rings (SSSR count). The van der Waals surface area contributed by atoms with Gasteiger partial charge >= 0.3 is 0 Å². The molecule has 0 bridgehead atoms. The standard InChI is InChI=1S/C14H21N3S/c15-11-5-1-2-6-12-10(11)9-16-14(17-12)13-7-3-4-8-18-13/h9,11,13H,1-8,15H2. The molecule has 2 N–H and O–H groups in total. The highest BCUT2D eigenvalue weighted by molar-refractivity contribution is 7.99. The number of nitrogens with two attached hydrogens (primary N) is 1. The molecule has 1 aliphatic carbocycles. The summed E-state index contributed by atoms with van der Waals surface area (Å²) in [6, 6.07) is 0.149. The lowest BCUT2D eigenvalue weighted by atomic mass is 10.1. The molecule has 4 heteroatoms. The van der Waals surface area contributed by atoms with Crippen molar-refractivity contribution in [2.24, 2.45) is 5.73 Å². The van der Waals surface area contributed by atoms with Crippen LogP contribution in [0.3, 0.4) is 0 Å². The summed E-state index contributed by atoms with van der Waals surface area (Å²) in [4.78, 5) is 9.43. The SMILES string of the molecule is NC1CCCCc2nc(C3CCCCS3)ncc21. The van der Waals surface area contributed by atoms with E-state index in [0.29, 0.717) is 5.25 Å². The molecule has 1 aromatic heterocycles. The molecule has 1 aromatic rings. The van der Waals surface area contributed by atoms with Gasteiger partial charge in [0.05, 0.1) is 5.25 Å². The maximum atomic E-state index is 6.19. The summed E-state index contributed by atoms with van der Waals surface area (Å²) in [5.41, 5.74) is 8.60. The van der Waals surface area contributed by atoms with Gasteiger partial charge in [-0.2, -0.15) is 11.8 Å². The second-order valence-electron chi connectivity index (χ2n) is 5.34. The number of aryl methyl sites for hydroxylation is 1. The first kappa shape index (κ1) is 12.4. The number of fused-ring (bicyclic) bond motifs is 1. The quantitative estimate of drug-likeness (QED) is 0.791.